The zero-order valence-electron chi connectivity index (χ0n) is 18.7. The molecule has 1 aliphatic heterocycles. The highest BCUT2D eigenvalue weighted by Crippen LogP contribution is 2.60. The number of alkyl halides is 2. The van der Waals surface area contributed by atoms with Crippen molar-refractivity contribution in [2.75, 3.05) is 11.5 Å². The number of nitrogens with zero attached hydrogens (tertiary/aromatic N) is 1. The molecule has 6 nitrogen and oxygen atoms in total. The van der Waals surface area contributed by atoms with Crippen LogP contribution in [0.2, 0.25) is 0 Å². The Hall–Kier alpha value is -2.32. The molecular formula is C26H23Br2NO5. The van der Waals surface area contributed by atoms with Crippen molar-refractivity contribution in [2.45, 2.75) is 29.9 Å². The van der Waals surface area contributed by atoms with Crippen molar-refractivity contribution in [3.63, 3.8) is 0 Å². The number of amides is 2. The molecule has 6 atom stereocenters. The smallest absolute Gasteiger partial charge is 0.338 e. The summed E-state index contributed by atoms with van der Waals surface area (Å²) in [5, 5.41) is 0. The van der Waals surface area contributed by atoms with Crippen LogP contribution in [-0.4, -0.2) is 39.8 Å². The topological polar surface area (TPSA) is 80.8 Å². The number of esters is 1. The first-order valence-corrected chi connectivity index (χ1v) is 13.1. The van der Waals surface area contributed by atoms with Crippen LogP contribution in [0, 0.1) is 37.5 Å². The number of Topliss-reactive ketones (excluding diaryl/α,β-unsaturated/α-hetero) is 1. The van der Waals surface area contributed by atoms with Gasteiger partial charge < -0.3 is 4.74 Å². The van der Waals surface area contributed by atoms with E-state index in [1.54, 1.807) is 30.3 Å². The lowest BCUT2D eigenvalue weighted by atomic mass is 9.81. The summed E-state index contributed by atoms with van der Waals surface area (Å²) in [5.74, 6) is -1.82. The third kappa shape index (κ3) is 3.66. The van der Waals surface area contributed by atoms with Crippen LogP contribution in [0.25, 0.3) is 0 Å². The number of aryl methyl sites for hydroxylation is 2. The van der Waals surface area contributed by atoms with Gasteiger partial charge in [-0.2, -0.15) is 0 Å². The number of anilines is 1. The van der Waals surface area contributed by atoms with Gasteiger partial charge in [-0.1, -0.05) is 50.1 Å². The highest BCUT2D eigenvalue weighted by molar-refractivity contribution is 9.12. The molecule has 2 bridgehead atoms. The quantitative estimate of drug-likeness (QED) is 0.220. The second kappa shape index (κ2) is 8.72. The van der Waals surface area contributed by atoms with Crippen molar-refractivity contribution < 1.29 is 23.9 Å². The van der Waals surface area contributed by atoms with Gasteiger partial charge in [-0.25, -0.2) is 4.79 Å². The van der Waals surface area contributed by atoms with Gasteiger partial charge in [-0.15, -0.1) is 0 Å². The average molecular weight is 589 g/mol. The summed E-state index contributed by atoms with van der Waals surface area (Å²) in [4.78, 5) is 53.1. The number of hydrogen-bond acceptors (Lipinski definition) is 5. The molecule has 3 fully saturated rings. The highest BCUT2D eigenvalue weighted by atomic mass is 79.9. The van der Waals surface area contributed by atoms with Crippen molar-refractivity contribution >= 4 is 61.1 Å². The third-order valence-electron chi connectivity index (χ3n) is 7.49. The van der Waals surface area contributed by atoms with E-state index < -0.39 is 5.97 Å². The van der Waals surface area contributed by atoms with E-state index >= 15 is 0 Å². The molecule has 0 unspecified atom stereocenters. The lowest BCUT2D eigenvalue weighted by Crippen LogP contribution is -2.37. The second-order valence-corrected chi connectivity index (χ2v) is 11.5. The fraction of sp³-hybridized carbons (Fsp3) is 0.385. The zero-order valence-corrected chi connectivity index (χ0v) is 21.8. The highest BCUT2D eigenvalue weighted by Gasteiger charge is 2.66. The van der Waals surface area contributed by atoms with Crippen LogP contribution in [0.15, 0.2) is 42.5 Å². The maximum absolute atomic E-state index is 13.3. The summed E-state index contributed by atoms with van der Waals surface area (Å²) in [6.45, 7) is 3.49. The Balaban J connectivity index is 1.30. The summed E-state index contributed by atoms with van der Waals surface area (Å²) in [6, 6.07) is 11.6. The van der Waals surface area contributed by atoms with Gasteiger partial charge in [0.25, 0.3) is 0 Å². The zero-order chi connectivity index (χ0) is 24.3. The van der Waals surface area contributed by atoms with Crippen LogP contribution in [0.3, 0.4) is 0 Å². The molecular weight excluding hydrogens is 566 g/mol. The molecule has 3 aliphatic rings. The van der Waals surface area contributed by atoms with Gasteiger partial charge in [0.2, 0.25) is 11.8 Å². The Labute approximate surface area is 214 Å². The summed E-state index contributed by atoms with van der Waals surface area (Å²) in [5.41, 5.74) is 3.08. The lowest BCUT2D eigenvalue weighted by Gasteiger charge is -2.28. The van der Waals surface area contributed by atoms with E-state index in [1.165, 1.54) is 11.0 Å². The molecule has 5 rings (SSSR count). The van der Waals surface area contributed by atoms with Crippen molar-refractivity contribution in [1.29, 1.82) is 0 Å². The monoisotopic (exact) mass is 587 g/mol. The fourth-order valence-electron chi connectivity index (χ4n) is 5.59. The maximum atomic E-state index is 13.3. The van der Waals surface area contributed by atoms with Crippen LogP contribution in [0.1, 0.15) is 38.3 Å². The standard InChI is InChI=1S/C26H23Br2NO5/c1-12-6-7-14(8-13(12)2)19(30)11-34-26(33)15-4-3-5-16(9-15)29-24(31)20-17-10-18(21(20)25(29)32)23(28)22(17)27/h3-9,17-18,20-23H,10-11H2,1-2H3/t17-,18-,20-,21-,22-,23+/m0/s1. The predicted molar refractivity (Wildman–Crippen MR) is 133 cm³/mol. The summed E-state index contributed by atoms with van der Waals surface area (Å²) >= 11 is 7.37. The van der Waals surface area contributed by atoms with Gasteiger partial charge in [0.1, 0.15) is 0 Å². The number of rotatable bonds is 5. The first kappa shape index (κ1) is 23.4. The molecule has 0 N–H and O–H groups in total. The minimum Gasteiger partial charge on any atom is -0.454 e. The molecule has 1 heterocycles. The van der Waals surface area contributed by atoms with E-state index in [1.807, 2.05) is 19.9 Å². The van der Waals surface area contributed by atoms with E-state index in [0.717, 1.165) is 17.5 Å². The van der Waals surface area contributed by atoms with Crippen molar-refractivity contribution in [1.82, 2.24) is 0 Å². The lowest BCUT2D eigenvalue weighted by molar-refractivity contribution is -0.123. The van der Waals surface area contributed by atoms with Gasteiger partial charge in [0, 0.05) is 15.2 Å². The number of carbonyl (C=O) groups is 4. The number of carbonyl (C=O) groups excluding carboxylic acids is 4. The fourth-order valence-corrected chi connectivity index (χ4v) is 7.46. The molecule has 1 saturated heterocycles. The van der Waals surface area contributed by atoms with Crippen molar-refractivity contribution in [3.05, 3.63) is 64.7 Å². The van der Waals surface area contributed by atoms with Crippen LogP contribution in [0.4, 0.5) is 5.69 Å². The maximum Gasteiger partial charge on any atom is 0.338 e. The average Bonchev–Trinajstić information content (AvgIpc) is 3.43. The summed E-state index contributed by atoms with van der Waals surface area (Å²) < 4.78 is 5.24. The first-order valence-electron chi connectivity index (χ1n) is 11.2. The van der Waals surface area contributed by atoms with E-state index in [-0.39, 0.29) is 63.1 Å². The van der Waals surface area contributed by atoms with Gasteiger partial charge in [-0.05, 0) is 67.5 Å². The number of halogens is 2. The molecule has 8 heteroatoms. The SMILES string of the molecule is Cc1ccc(C(=O)COC(=O)c2cccc(N3C(=O)[C@H]4[C@@H]5C[C@H]([C@@H](Br)[C@H]5Br)[C@@H]4C3=O)c2)cc1C. The Morgan fingerprint density at radius 3 is 2.18 bits per heavy atom. The molecule has 176 valence electrons. The van der Waals surface area contributed by atoms with Crippen molar-refractivity contribution in [2.24, 2.45) is 23.7 Å². The second-order valence-electron chi connectivity index (χ2n) is 9.36. The molecule has 2 aromatic rings. The molecule has 34 heavy (non-hydrogen) atoms. The number of ketones is 1. The van der Waals surface area contributed by atoms with Crippen LogP contribution in [0.5, 0.6) is 0 Å². The number of benzene rings is 2. The van der Waals surface area contributed by atoms with E-state index in [9.17, 15) is 19.2 Å². The summed E-state index contributed by atoms with van der Waals surface area (Å²) in [7, 11) is 0. The van der Waals surface area contributed by atoms with E-state index in [0.29, 0.717) is 11.3 Å². The number of hydrogen-bond donors (Lipinski definition) is 0. The van der Waals surface area contributed by atoms with Gasteiger partial charge in [-0.3, -0.25) is 19.3 Å². The van der Waals surface area contributed by atoms with E-state index in [4.69, 9.17) is 4.74 Å². The minimum atomic E-state index is -0.681. The Morgan fingerprint density at radius 2 is 1.56 bits per heavy atom. The third-order valence-corrected chi connectivity index (χ3v) is 10.7. The molecule has 2 amide bonds. The van der Waals surface area contributed by atoms with Crippen LogP contribution < -0.4 is 4.90 Å². The number of ether oxygens (including phenoxy) is 1. The first-order chi connectivity index (χ1) is 16.2. The number of imide groups is 1. The number of fused-ring (bicyclic) bond motifs is 5. The molecule has 2 saturated carbocycles. The van der Waals surface area contributed by atoms with Gasteiger partial charge in [0.15, 0.2) is 12.4 Å². The van der Waals surface area contributed by atoms with Gasteiger partial charge in [0.05, 0.1) is 23.1 Å². The van der Waals surface area contributed by atoms with Crippen LogP contribution >= 0.6 is 31.9 Å². The van der Waals surface area contributed by atoms with Crippen molar-refractivity contribution in [3.8, 4) is 0 Å². The molecule has 2 aliphatic carbocycles. The Morgan fingerprint density at radius 1 is 0.912 bits per heavy atom. The van der Waals surface area contributed by atoms with E-state index in [2.05, 4.69) is 31.9 Å². The largest absolute Gasteiger partial charge is 0.454 e. The van der Waals surface area contributed by atoms with Gasteiger partial charge >= 0.3 is 5.97 Å². The minimum absolute atomic E-state index is 0.116. The Kier molecular flexibility index (Phi) is 6.01. The summed E-state index contributed by atoms with van der Waals surface area (Å²) in [6.07, 6.45) is 0.855. The van der Waals surface area contributed by atoms with Crippen LogP contribution in [-0.2, 0) is 14.3 Å². The molecule has 2 aromatic carbocycles. The molecule has 0 aromatic heterocycles. The Bertz CT molecular complexity index is 1200. The molecule has 0 radical (unpaired) electrons. The molecule has 0 spiro atoms. The predicted octanol–water partition coefficient (Wildman–Crippen LogP) is 4.63. The normalized spacial score (nSPS) is 29.5.